The molecule has 0 fully saturated rings. The van der Waals surface area contributed by atoms with Gasteiger partial charge in [0.05, 0.1) is 0 Å². The predicted molar refractivity (Wildman–Crippen MR) is 133 cm³/mol. The van der Waals surface area contributed by atoms with Crippen molar-refractivity contribution in [2.24, 2.45) is 11.7 Å². The lowest BCUT2D eigenvalue weighted by atomic mass is 9.86. The summed E-state index contributed by atoms with van der Waals surface area (Å²) in [7, 11) is 0. The highest BCUT2D eigenvalue weighted by Gasteiger charge is 2.21. The molecule has 33 heavy (non-hydrogen) atoms. The smallest absolute Gasteiger partial charge is 0.248 e. The first-order chi connectivity index (χ1) is 15.5. The van der Waals surface area contributed by atoms with Crippen molar-refractivity contribution in [1.82, 2.24) is 0 Å². The second-order valence-electron chi connectivity index (χ2n) is 10.1. The van der Waals surface area contributed by atoms with Crippen molar-refractivity contribution in [3.05, 3.63) is 88.7 Å². The van der Waals surface area contributed by atoms with Crippen LogP contribution in [0.1, 0.15) is 74.2 Å². The Morgan fingerprint density at radius 2 is 1.67 bits per heavy atom. The van der Waals surface area contributed by atoms with E-state index in [1.807, 2.05) is 12.1 Å². The number of nitrogens with two attached hydrogens (primary N) is 1. The van der Waals surface area contributed by atoms with Crippen molar-refractivity contribution in [2.45, 2.75) is 59.5 Å². The lowest BCUT2D eigenvalue weighted by Gasteiger charge is -2.23. The van der Waals surface area contributed by atoms with Gasteiger partial charge >= 0.3 is 0 Å². The molecule has 0 heterocycles. The third kappa shape index (κ3) is 6.01. The van der Waals surface area contributed by atoms with Crippen molar-refractivity contribution in [2.75, 3.05) is 0 Å². The first kappa shape index (κ1) is 24.5. The maximum absolute atomic E-state index is 14.8. The van der Waals surface area contributed by atoms with Crippen LogP contribution in [0.4, 0.5) is 4.39 Å². The normalized spacial score (nSPS) is 12.6. The van der Waals surface area contributed by atoms with Crippen LogP contribution in [0.2, 0.25) is 0 Å². The van der Waals surface area contributed by atoms with Crippen LogP contribution < -0.4 is 10.5 Å². The van der Waals surface area contributed by atoms with E-state index in [9.17, 15) is 9.18 Å². The molecule has 1 unspecified atom stereocenters. The van der Waals surface area contributed by atoms with Crippen molar-refractivity contribution >= 4 is 5.91 Å². The van der Waals surface area contributed by atoms with Gasteiger partial charge in [0.2, 0.25) is 5.91 Å². The van der Waals surface area contributed by atoms with Gasteiger partial charge in [-0.3, -0.25) is 4.79 Å². The fraction of sp³-hybridized carbons (Fsp3) is 0.345. The fourth-order valence-electron chi connectivity index (χ4n) is 3.96. The van der Waals surface area contributed by atoms with Crippen LogP contribution >= 0.6 is 0 Å². The third-order valence-electron chi connectivity index (χ3n) is 5.86. The van der Waals surface area contributed by atoms with Gasteiger partial charge in [-0.05, 0) is 71.2 Å². The monoisotopic (exact) mass is 447 g/mol. The molecule has 2 N–H and O–H groups in total. The molecular weight excluding hydrogens is 413 g/mol. The molecule has 0 aliphatic rings. The molecule has 3 aromatic carbocycles. The molecule has 0 saturated carbocycles. The molecule has 3 rings (SSSR count). The average Bonchev–Trinajstić information content (AvgIpc) is 2.72. The Kier molecular flexibility index (Phi) is 7.26. The highest BCUT2D eigenvalue weighted by atomic mass is 19.1. The van der Waals surface area contributed by atoms with Crippen LogP contribution in [0.15, 0.2) is 60.7 Å². The number of rotatable bonds is 7. The van der Waals surface area contributed by atoms with Gasteiger partial charge in [-0.25, -0.2) is 4.39 Å². The molecule has 174 valence electrons. The van der Waals surface area contributed by atoms with Crippen molar-refractivity contribution in [3.63, 3.8) is 0 Å². The van der Waals surface area contributed by atoms with Crippen LogP contribution in [0.3, 0.4) is 0 Å². The number of ether oxygens (including phenoxy) is 1. The van der Waals surface area contributed by atoms with Gasteiger partial charge in [-0.15, -0.1) is 0 Å². The summed E-state index contributed by atoms with van der Waals surface area (Å²) in [5.74, 6) is -0.147. The molecule has 0 aliphatic heterocycles. The quantitative estimate of drug-likeness (QED) is 0.411. The van der Waals surface area contributed by atoms with Crippen LogP contribution in [-0.2, 0) is 5.41 Å². The summed E-state index contributed by atoms with van der Waals surface area (Å²) in [5, 5.41) is 0. The zero-order valence-corrected chi connectivity index (χ0v) is 20.4. The number of halogens is 1. The molecule has 1 atom stereocenters. The van der Waals surface area contributed by atoms with Crippen molar-refractivity contribution in [1.29, 1.82) is 0 Å². The summed E-state index contributed by atoms with van der Waals surface area (Å²) >= 11 is 0. The Bertz CT molecular complexity index is 1130. The van der Waals surface area contributed by atoms with Gasteiger partial charge in [-0.2, -0.15) is 0 Å². The molecule has 1 amide bonds. The number of benzene rings is 3. The van der Waals surface area contributed by atoms with E-state index in [0.717, 1.165) is 16.7 Å². The van der Waals surface area contributed by atoms with Gasteiger partial charge in [0, 0.05) is 11.1 Å². The van der Waals surface area contributed by atoms with E-state index >= 15 is 0 Å². The molecule has 0 aromatic heterocycles. The van der Waals surface area contributed by atoms with Crippen LogP contribution in [0, 0.1) is 18.7 Å². The zero-order valence-electron chi connectivity index (χ0n) is 20.4. The largest absolute Gasteiger partial charge is 0.486 e. The average molecular weight is 448 g/mol. The van der Waals surface area contributed by atoms with Crippen LogP contribution in [-0.4, -0.2) is 5.91 Å². The topological polar surface area (TPSA) is 52.3 Å². The van der Waals surface area contributed by atoms with Gasteiger partial charge < -0.3 is 10.5 Å². The molecule has 0 spiro atoms. The summed E-state index contributed by atoms with van der Waals surface area (Å²) in [6.07, 6.45) is 0.172. The standard InChI is InChI=1S/C29H34FNO2/c1-18(2)15-27(25-13-9-21(28(31)32)17-26(25)30)33-23-12-14-24(19(3)16-23)20-7-10-22(11-8-20)29(4,5)6/h7-14,16-18,27H,15H2,1-6H3,(H2,31,32). The summed E-state index contributed by atoms with van der Waals surface area (Å²) in [6.45, 7) is 12.8. The molecule has 4 heteroatoms. The molecule has 3 aromatic rings. The van der Waals surface area contributed by atoms with E-state index < -0.39 is 17.8 Å². The minimum atomic E-state index is -0.650. The number of hydrogen-bond donors (Lipinski definition) is 1. The molecule has 0 saturated heterocycles. The highest BCUT2D eigenvalue weighted by molar-refractivity contribution is 5.92. The Labute approximate surface area is 196 Å². The third-order valence-corrected chi connectivity index (χ3v) is 5.86. The number of carbonyl (C=O) groups excluding carboxylic acids is 1. The highest BCUT2D eigenvalue weighted by Crippen LogP contribution is 2.34. The Morgan fingerprint density at radius 3 is 2.18 bits per heavy atom. The van der Waals surface area contributed by atoms with Crippen LogP contribution in [0.5, 0.6) is 5.75 Å². The SMILES string of the molecule is Cc1cc(OC(CC(C)C)c2ccc(C(N)=O)cc2F)ccc1-c1ccc(C(C)(C)C)cc1. The minimum absolute atomic E-state index is 0.113. The van der Waals surface area contributed by atoms with Gasteiger partial charge in [0.1, 0.15) is 17.7 Å². The van der Waals surface area contributed by atoms with Crippen molar-refractivity contribution < 1.29 is 13.9 Å². The number of amides is 1. The Morgan fingerprint density at radius 1 is 1.00 bits per heavy atom. The van der Waals surface area contributed by atoms with E-state index in [2.05, 4.69) is 71.9 Å². The molecule has 0 bridgehead atoms. The maximum atomic E-state index is 14.8. The van der Waals surface area contributed by atoms with E-state index in [1.165, 1.54) is 11.6 Å². The zero-order chi connectivity index (χ0) is 24.3. The summed E-state index contributed by atoms with van der Waals surface area (Å²) in [4.78, 5) is 11.4. The summed E-state index contributed by atoms with van der Waals surface area (Å²) in [5.41, 5.74) is 10.6. The minimum Gasteiger partial charge on any atom is -0.486 e. The van der Waals surface area contributed by atoms with E-state index in [-0.39, 0.29) is 11.0 Å². The van der Waals surface area contributed by atoms with E-state index in [4.69, 9.17) is 10.5 Å². The Balaban J connectivity index is 1.87. The molecule has 0 aliphatic carbocycles. The van der Waals surface area contributed by atoms with Crippen molar-refractivity contribution in [3.8, 4) is 16.9 Å². The second kappa shape index (κ2) is 9.78. The lowest BCUT2D eigenvalue weighted by Crippen LogP contribution is -2.15. The maximum Gasteiger partial charge on any atom is 0.248 e. The van der Waals surface area contributed by atoms with E-state index in [1.54, 1.807) is 12.1 Å². The van der Waals surface area contributed by atoms with Gasteiger partial charge in [0.25, 0.3) is 0 Å². The van der Waals surface area contributed by atoms with E-state index in [0.29, 0.717) is 23.7 Å². The summed E-state index contributed by atoms with van der Waals surface area (Å²) < 4.78 is 21.1. The number of primary amides is 1. The number of carbonyl (C=O) groups is 1. The number of hydrogen-bond acceptors (Lipinski definition) is 2. The number of aryl methyl sites for hydroxylation is 1. The van der Waals surface area contributed by atoms with Gasteiger partial charge in [0.15, 0.2) is 0 Å². The second-order valence-corrected chi connectivity index (χ2v) is 10.1. The predicted octanol–water partition coefficient (Wildman–Crippen LogP) is 7.36. The lowest BCUT2D eigenvalue weighted by molar-refractivity contribution is 0.0999. The Hall–Kier alpha value is -3.14. The first-order valence-electron chi connectivity index (χ1n) is 11.4. The molecule has 3 nitrogen and oxygen atoms in total. The fourth-order valence-corrected chi connectivity index (χ4v) is 3.96. The molecular formula is C29H34FNO2. The van der Waals surface area contributed by atoms with Gasteiger partial charge in [-0.1, -0.05) is 71.0 Å². The first-order valence-corrected chi connectivity index (χ1v) is 11.4. The van der Waals surface area contributed by atoms with Crippen LogP contribution in [0.25, 0.3) is 11.1 Å². The summed E-state index contributed by atoms with van der Waals surface area (Å²) in [6, 6.07) is 19.0. The molecule has 0 radical (unpaired) electrons.